The van der Waals surface area contributed by atoms with Gasteiger partial charge in [0.05, 0.1) is 6.54 Å². The van der Waals surface area contributed by atoms with Crippen LogP contribution >= 0.6 is 0 Å². The highest BCUT2D eigenvalue weighted by Crippen LogP contribution is 2.16. The maximum Gasteiger partial charge on any atom is 0.253 e. The van der Waals surface area contributed by atoms with Gasteiger partial charge >= 0.3 is 0 Å². The molecule has 150 valence electrons. The Morgan fingerprint density at radius 3 is 2.18 bits per heavy atom. The van der Waals surface area contributed by atoms with Crippen LogP contribution in [0, 0.1) is 13.8 Å². The van der Waals surface area contributed by atoms with Gasteiger partial charge in [-0.1, -0.05) is 26.0 Å². The second-order valence-corrected chi connectivity index (χ2v) is 7.09. The zero-order valence-electron chi connectivity index (χ0n) is 17.3. The third-order valence-electron chi connectivity index (χ3n) is 4.53. The van der Waals surface area contributed by atoms with Crippen LogP contribution in [0.1, 0.15) is 48.2 Å². The van der Waals surface area contributed by atoms with Gasteiger partial charge in [-0.25, -0.2) is 0 Å². The first-order chi connectivity index (χ1) is 13.4. The van der Waals surface area contributed by atoms with Crippen LogP contribution in [0.15, 0.2) is 42.5 Å². The predicted molar refractivity (Wildman–Crippen MR) is 116 cm³/mol. The summed E-state index contributed by atoms with van der Waals surface area (Å²) in [5.74, 6) is -0.0474. The number of rotatable bonds is 9. The van der Waals surface area contributed by atoms with Crippen LogP contribution in [-0.4, -0.2) is 36.3 Å². The van der Waals surface area contributed by atoms with Gasteiger partial charge in [-0.2, -0.15) is 0 Å². The Kier molecular flexibility index (Phi) is 8.05. The first kappa shape index (κ1) is 21.5. The fraction of sp³-hybridized carbons (Fsp3) is 0.391. The predicted octanol–water partition coefficient (Wildman–Crippen LogP) is 4.62. The van der Waals surface area contributed by atoms with Gasteiger partial charge in [0.15, 0.2) is 0 Å². The van der Waals surface area contributed by atoms with Crippen molar-refractivity contribution in [1.82, 2.24) is 4.90 Å². The molecule has 2 amide bonds. The van der Waals surface area contributed by atoms with Crippen molar-refractivity contribution >= 4 is 23.2 Å². The first-order valence-electron chi connectivity index (χ1n) is 9.95. The Morgan fingerprint density at radius 2 is 1.57 bits per heavy atom. The molecule has 2 rings (SSSR count). The van der Waals surface area contributed by atoms with Crippen molar-refractivity contribution in [1.29, 1.82) is 0 Å². The number of nitrogens with one attached hydrogen (secondary N) is 2. The first-order valence-corrected chi connectivity index (χ1v) is 9.95. The van der Waals surface area contributed by atoms with E-state index in [4.69, 9.17) is 0 Å². The van der Waals surface area contributed by atoms with Crippen LogP contribution in [0.4, 0.5) is 11.4 Å². The number of hydrogen-bond acceptors (Lipinski definition) is 3. The smallest absolute Gasteiger partial charge is 0.253 e. The minimum atomic E-state index is -0.106. The molecule has 0 aliphatic carbocycles. The molecule has 0 saturated heterocycles. The van der Waals surface area contributed by atoms with Crippen molar-refractivity contribution in [3.63, 3.8) is 0 Å². The van der Waals surface area contributed by atoms with Crippen molar-refractivity contribution < 1.29 is 9.59 Å². The van der Waals surface area contributed by atoms with Gasteiger partial charge < -0.3 is 15.5 Å². The molecule has 2 aromatic carbocycles. The van der Waals surface area contributed by atoms with Crippen molar-refractivity contribution in [2.45, 2.75) is 40.5 Å². The lowest BCUT2D eigenvalue weighted by molar-refractivity contribution is -0.114. The summed E-state index contributed by atoms with van der Waals surface area (Å²) in [4.78, 5) is 26.7. The Hall–Kier alpha value is -2.82. The molecule has 0 aromatic heterocycles. The summed E-state index contributed by atoms with van der Waals surface area (Å²) in [7, 11) is 0. The second kappa shape index (κ2) is 10.5. The van der Waals surface area contributed by atoms with E-state index < -0.39 is 0 Å². The molecule has 0 saturated carbocycles. The Morgan fingerprint density at radius 1 is 0.929 bits per heavy atom. The molecule has 0 aliphatic heterocycles. The highest BCUT2D eigenvalue weighted by Gasteiger charge is 2.14. The van der Waals surface area contributed by atoms with Crippen molar-refractivity contribution in [2.75, 3.05) is 30.3 Å². The lowest BCUT2D eigenvalue weighted by Gasteiger charge is -2.21. The number of benzene rings is 2. The SMILES string of the molecule is CCCN(CCC)C(=O)c1ccc(NCC(=O)Nc2cc(C)ccc2C)cc1. The highest BCUT2D eigenvalue weighted by molar-refractivity contribution is 5.95. The molecule has 0 unspecified atom stereocenters. The minimum absolute atomic E-state index is 0.0583. The second-order valence-electron chi connectivity index (χ2n) is 7.09. The van der Waals surface area contributed by atoms with Crippen LogP contribution in [0.5, 0.6) is 0 Å². The average molecular weight is 382 g/mol. The molecular weight excluding hydrogens is 350 g/mol. The molecule has 5 nitrogen and oxygen atoms in total. The van der Waals surface area contributed by atoms with E-state index in [0.29, 0.717) is 5.56 Å². The minimum Gasteiger partial charge on any atom is -0.376 e. The third-order valence-corrected chi connectivity index (χ3v) is 4.53. The molecule has 0 radical (unpaired) electrons. The molecule has 5 heteroatoms. The Balaban J connectivity index is 1.92. The third kappa shape index (κ3) is 6.12. The summed E-state index contributed by atoms with van der Waals surface area (Å²) in [5.41, 5.74) is 4.46. The van der Waals surface area contributed by atoms with Gasteiger partial charge in [0.1, 0.15) is 0 Å². The maximum absolute atomic E-state index is 12.6. The molecule has 0 heterocycles. The Bertz CT molecular complexity index is 794. The molecule has 0 spiro atoms. The molecule has 2 N–H and O–H groups in total. The molecule has 0 atom stereocenters. The number of carbonyl (C=O) groups is 2. The number of amides is 2. The summed E-state index contributed by atoms with van der Waals surface area (Å²) in [5, 5.41) is 6.04. The van der Waals surface area contributed by atoms with Crippen molar-refractivity contribution in [2.24, 2.45) is 0 Å². The van der Waals surface area contributed by atoms with Crippen molar-refractivity contribution in [3.05, 3.63) is 59.2 Å². The number of nitrogens with zero attached hydrogens (tertiary/aromatic N) is 1. The quantitative estimate of drug-likeness (QED) is 0.666. The number of aryl methyl sites for hydroxylation is 2. The van der Waals surface area contributed by atoms with Crippen LogP contribution in [-0.2, 0) is 4.79 Å². The van der Waals surface area contributed by atoms with E-state index in [1.807, 2.05) is 61.2 Å². The maximum atomic E-state index is 12.6. The number of carbonyl (C=O) groups excluding carboxylic acids is 2. The number of hydrogen-bond donors (Lipinski definition) is 2. The monoisotopic (exact) mass is 381 g/mol. The van der Waals surface area contributed by atoms with Crippen LogP contribution in [0.3, 0.4) is 0 Å². The van der Waals surface area contributed by atoms with Crippen LogP contribution in [0.2, 0.25) is 0 Å². The van der Waals surface area contributed by atoms with E-state index in [2.05, 4.69) is 24.5 Å². The molecule has 2 aromatic rings. The number of anilines is 2. The largest absolute Gasteiger partial charge is 0.376 e. The van der Waals surface area contributed by atoms with E-state index in [9.17, 15) is 9.59 Å². The van der Waals surface area contributed by atoms with Gasteiger partial charge in [0.2, 0.25) is 5.91 Å². The van der Waals surface area contributed by atoms with Gasteiger partial charge in [-0.15, -0.1) is 0 Å². The van der Waals surface area contributed by atoms with E-state index in [-0.39, 0.29) is 18.4 Å². The van der Waals surface area contributed by atoms with E-state index >= 15 is 0 Å². The van der Waals surface area contributed by atoms with Crippen LogP contribution in [0.25, 0.3) is 0 Å². The van der Waals surface area contributed by atoms with Gasteiger partial charge in [0.25, 0.3) is 5.91 Å². The van der Waals surface area contributed by atoms with Gasteiger partial charge in [-0.05, 0) is 68.1 Å². The van der Waals surface area contributed by atoms with E-state index in [1.54, 1.807) is 0 Å². The van der Waals surface area contributed by atoms with Gasteiger partial charge in [0, 0.05) is 30.0 Å². The summed E-state index contributed by atoms with van der Waals surface area (Å²) in [6.45, 7) is 9.82. The van der Waals surface area contributed by atoms with Gasteiger partial charge in [-0.3, -0.25) is 9.59 Å². The standard InChI is InChI=1S/C23H31N3O2/c1-5-13-26(14-6-2)23(28)19-9-11-20(12-10-19)24-16-22(27)25-21-15-17(3)7-8-18(21)4/h7-12,15,24H,5-6,13-14,16H2,1-4H3,(H,25,27). The van der Waals surface area contributed by atoms with E-state index in [0.717, 1.165) is 48.4 Å². The molecule has 0 fully saturated rings. The Labute approximate surface area is 168 Å². The van der Waals surface area contributed by atoms with Crippen molar-refractivity contribution in [3.8, 4) is 0 Å². The zero-order valence-corrected chi connectivity index (χ0v) is 17.3. The lowest BCUT2D eigenvalue weighted by Crippen LogP contribution is -2.32. The highest BCUT2D eigenvalue weighted by atomic mass is 16.2. The average Bonchev–Trinajstić information content (AvgIpc) is 2.69. The van der Waals surface area contributed by atoms with Crippen LogP contribution < -0.4 is 10.6 Å². The van der Waals surface area contributed by atoms with E-state index in [1.165, 1.54) is 0 Å². The summed E-state index contributed by atoms with van der Waals surface area (Å²) >= 11 is 0. The normalized spacial score (nSPS) is 10.4. The fourth-order valence-electron chi connectivity index (χ4n) is 3.02. The summed E-state index contributed by atoms with van der Waals surface area (Å²) in [6, 6.07) is 13.3. The zero-order chi connectivity index (χ0) is 20.5. The molecule has 28 heavy (non-hydrogen) atoms. The fourth-order valence-corrected chi connectivity index (χ4v) is 3.02. The molecule has 0 aliphatic rings. The molecule has 0 bridgehead atoms. The molecular formula is C23H31N3O2. The summed E-state index contributed by atoms with van der Waals surface area (Å²) in [6.07, 6.45) is 1.89. The topological polar surface area (TPSA) is 61.4 Å². The lowest BCUT2D eigenvalue weighted by atomic mass is 10.1. The summed E-state index contributed by atoms with van der Waals surface area (Å²) < 4.78 is 0.